The normalized spacial score (nSPS) is 14.6. The summed E-state index contributed by atoms with van der Waals surface area (Å²) in [5, 5.41) is 0. The number of likely N-dealkylation sites (N-methyl/N-ethyl adjacent to an activating group) is 1. The number of anilines is 1. The minimum Gasteiger partial charge on any atom is -0.339 e. The topological polar surface area (TPSA) is 40.6 Å². The molecule has 134 valence electrons. The van der Waals surface area contributed by atoms with E-state index in [9.17, 15) is 14.0 Å². The van der Waals surface area contributed by atoms with E-state index in [2.05, 4.69) is 0 Å². The molecule has 1 heterocycles. The highest BCUT2D eigenvalue weighted by Crippen LogP contribution is 2.33. The van der Waals surface area contributed by atoms with Crippen LogP contribution in [0.2, 0.25) is 0 Å². The summed E-state index contributed by atoms with van der Waals surface area (Å²) in [5.74, 6) is -0.899. The van der Waals surface area contributed by atoms with Gasteiger partial charge in [0, 0.05) is 19.3 Å². The lowest BCUT2D eigenvalue weighted by Crippen LogP contribution is -2.36. The number of imide groups is 1. The summed E-state index contributed by atoms with van der Waals surface area (Å²) in [6, 6.07) is 15.0. The van der Waals surface area contributed by atoms with Gasteiger partial charge in [0.2, 0.25) is 0 Å². The van der Waals surface area contributed by atoms with Crippen molar-refractivity contribution in [1.29, 1.82) is 0 Å². The van der Waals surface area contributed by atoms with Crippen LogP contribution in [0.4, 0.5) is 10.1 Å². The van der Waals surface area contributed by atoms with Gasteiger partial charge in [0.05, 0.1) is 5.57 Å². The van der Waals surface area contributed by atoms with Crippen LogP contribution in [-0.4, -0.2) is 30.3 Å². The third-order valence-electron chi connectivity index (χ3n) is 4.30. The van der Waals surface area contributed by atoms with Crippen molar-refractivity contribution >= 4 is 23.1 Å². The Labute approximate surface area is 152 Å². The van der Waals surface area contributed by atoms with Gasteiger partial charge in [-0.05, 0) is 35.7 Å². The third kappa shape index (κ3) is 3.25. The second kappa shape index (κ2) is 7.12. The lowest BCUT2D eigenvalue weighted by molar-refractivity contribution is -0.137. The predicted octanol–water partition coefficient (Wildman–Crippen LogP) is 3.70. The number of rotatable bonds is 5. The van der Waals surface area contributed by atoms with E-state index in [0.29, 0.717) is 23.4 Å². The number of hydrogen-bond donors (Lipinski definition) is 0. The molecule has 5 heteroatoms. The molecule has 0 bridgehead atoms. The first-order valence-electron chi connectivity index (χ1n) is 8.55. The second-order valence-corrected chi connectivity index (χ2v) is 6.74. The molecule has 0 N–H and O–H groups in total. The zero-order valence-electron chi connectivity index (χ0n) is 15.1. The Hall–Kier alpha value is -2.95. The quantitative estimate of drug-likeness (QED) is 0.771. The number of carbonyl (C=O) groups excluding carboxylic acids is 2. The molecule has 0 saturated heterocycles. The molecule has 0 unspecified atom stereocenters. The average molecular weight is 352 g/mol. The molecule has 0 atom stereocenters. The van der Waals surface area contributed by atoms with Gasteiger partial charge in [0.25, 0.3) is 11.8 Å². The van der Waals surface area contributed by atoms with Crippen molar-refractivity contribution in [1.82, 2.24) is 4.90 Å². The fourth-order valence-electron chi connectivity index (χ4n) is 3.06. The highest BCUT2D eigenvalue weighted by Gasteiger charge is 2.41. The molecular weight excluding hydrogens is 331 g/mol. The molecule has 0 fully saturated rings. The molecule has 2 aromatic carbocycles. The van der Waals surface area contributed by atoms with Crippen molar-refractivity contribution in [3.63, 3.8) is 0 Å². The first-order chi connectivity index (χ1) is 12.4. The van der Waals surface area contributed by atoms with E-state index in [1.807, 2.05) is 44.2 Å². The largest absolute Gasteiger partial charge is 0.339 e. The Morgan fingerprint density at radius 1 is 0.962 bits per heavy atom. The molecule has 0 spiro atoms. The van der Waals surface area contributed by atoms with Crippen LogP contribution >= 0.6 is 0 Å². The van der Waals surface area contributed by atoms with E-state index in [0.717, 1.165) is 5.69 Å². The molecule has 1 aliphatic heterocycles. The van der Waals surface area contributed by atoms with Gasteiger partial charge >= 0.3 is 0 Å². The van der Waals surface area contributed by atoms with Crippen LogP contribution < -0.4 is 4.90 Å². The van der Waals surface area contributed by atoms with Crippen LogP contribution in [-0.2, 0) is 9.59 Å². The third-order valence-corrected chi connectivity index (χ3v) is 4.30. The molecule has 26 heavy (non-hydrogen) atoms. The highest BCUT2D eigenvalue weighted by atomic mass is 19.1. The molecule has 3 rings (SSSR count). The van der Waals surface area contributed by atoms with Crippen molar-refractivity contribution in [3.8, 4) is 0 Å². The van der Waals surface area contributed by atoms with Crippen LogP contribution in [0, 0.1) is 11.7 Å². The number of hydrogen-bond acceptors (Lipinski definition) is 3. The minimum absolute atomic E-state index is 0.152. The standard InChI is InChI=1S/C21H21FN2O2/c1-14(2)13-24-20(25)18(15-9-11-16(22)12-10-15)19(21(24)26)23(3)17-7-5-4-6-8-17/h4-12,14H,13H2,1-3H3. The van der Waals surface area contributed by atoms with E-state index in [1.54, 1.807) is 11.9 Å². The summed E-state index contributed by atoms with van der Waals surface area (Å²) < 4.78 is 13.3. The van der Waals surface area contributed by atoms with Gasteiger partial charge in [-0.2, -0.15) is 0 Å². The zero-order chi connectivity index (χ0) is 18.8. The lowest BCUT2D eigenvalue weighted by Gasteiger charge is -2.22. The Kier molecular flexibility index (Phi) is 4.89. The number of nitrogens with zero attached hydrogens (tertiary/aromatic N) is 2. The summed E-state index contributed by atoms with van der Waals surface area (Å²) >= 11 is 0. The Balaban J connectivity index is 2.13. The molecule has 2 amide bonds. The van der Waals surface area contributed by atoms with Gasteiger partial charge in [-0.1, -0.05) is 44.2 Å². The van der Waals surface area contributed by atoms with Crippen molar-refractivity contribution in [2.24, 2.45) is 5.92 Å². The van der Waals surface area contributed by atoms with E-state index >= 15 is 0 Å². The van der Waals surface area contributed by atoms with Gasteiger partial charge in [-0.15, -0.1) is 0 Å². The molecule has 4 nitrogen and oxygen atoms in total. The molecule has 0 aliphatic carbocycles. The average Bonchev–Trinajstić information content (AvgIpc) is 2.87. The zero-order valence-corrected chi connectivity index (χ0v) is 15.1. The molecule has 0 saturated carbocycles. The molecule has 0 aromatic heterocycles. The summed E-state index contributed by atoms with van der Waals surface area (Å²) in [7, 11) is 1.76. The lowest BCUT2D eigenvalue weighted by atomic mass is 10.0. The summed E-state index contributed by atoms with van der Waals surface area (Å²) in [6.07, 6.45) is 0. The van der Waals surface area contributed by atoms with Crippen LogP contribution in [0.5, 0.6) is 0 Å². The maximum absolute atomic E-state index is 13.3. The number of amides is 2. The van der Waals surface area contributed by atoms with E-state index in [4.69, 9.17) is 0 Å². The van der Waals surface area contributed by atoms with E-state index in [-0.39, 0.29) is 23.5 Å². The number of halogens is 1. The fraction of sp³-hybridized carbons (Fsp3) is 0.238. The van der Waals surface area contributed by atoms with Crippen molar-refractivity contribution in [2.45, 2.75) is 13.8 Å². The van der Waals surface area contributed by atoms with E-state index in [1.165, 1.54) is 29.2 Å². The number of para-hydroxylation sites is 1. The van der Waals surface area contributed by atoms with Gasteiger partial charge in [-0.3, -0.25) is 14.5 Å². The second-order valence-electron chi connectivity index (χ2n) is 6.74. The number of benzene rings is 2. The number of carbonyl (C=O) groups is 2. The SMILES string of the molecule is CC(C)CN1C(=O)C(c2ccc(F)cc2)=C(N(C)c2ccccc2)C1=O. The van der Waals surface area contributed by atoms with E-state index < -0.39 is 0 Å². The maximum atomic E-state index is 13.3. The molecule has 0 radical (unpaired) electrons. The summed E-state index contributed by atoms with van der Waals surface area (Å²) in [4.78, 5) is 29.1. The van der Waals surface area contributed by atoms with Gasteiger partial charge < -0.3 is 4.90 Å². The predicted molar refractivity (Wildman–Crippen MR) is 99.7 cm³/mol. The molecule has 2 aromatic rings. The van der Waals surface area contributed by atoms with Gasteiger partial charge in [-0.25, -0.2) is 4.39 Å². The highest BCUT2D eigenvalue weighted by molar-refractivity contribution is 6.36. The molecular formula is C21H21FN2O2. The van der Waals surface area contributed by atoms with Crippen molar-refractivity contribution in [3.05, 3.63) is 71.7 Å². The van der Waals surface area contributed by atoms with Crippen molar-refractivity contribution in [2.75, 3.05) is 18.5 Å². The first kappa shape index (κ1) is 17.9. The van der Waals surface area contributed by atoms with Crippen LogP contribution in [0.25, 0.3) is 5.57 Å². The monoisotopic (exact) mass is 352 g/mol. The minimum atomic E-state index is -0.386. The van der Waals surface area contributed by atoms with Crippen LogP contribution in [0.1, 0.15) is 19.4 Å². The fourth-order valence-corrected chi connectivity index (χ4v) is 3.06. The Morgan fingerprint density at radius 2 is 1.58 bits per heavy atom. The van der Waals surface area contributed by atoms with Gasteiger partial charge in [0.1, 0.15) is 11.5 Å². The van der Waals surface area contributed by atoms with Gasteiger partial charge in [0.15, 0.2) is 0 Å². The van der Waals surface area contributed by atoms with Crippen molar-refractivity contribution < 1.29 is 14.0 Å². The summed E-state index contributed by atoms with van der Waals surface area (Å²) in [6.45, 7) is 4.25. The Morgan fingerprint density at radius 3 is 2.15 bits per heavy atom. The smallest absolute Gasteiger partial charge is 0.278 e. The first-order valence-corrected chi connectivity index (χ1v) is 8.55. The maximum Gasteiger partial charge on any atom is 0.278 e. The Bertz CT molecular complexity index is 857. The van der Waals surface area contributed by atoms with Crippen LogP contribution in [0.15, 0.2) is 60.3 Å². The molecule has 1 aliphatic rings. The van der Waals surface area contributed by atoms with Crippen LogP contribution in [0.3, 0.4) is 0 Å². The summed E-state index contributed by atoms with van der Waals surface area (Å²) in [5.41, 5.74) is 1.96.